The summed E-state index contributed by atoms with van der Waals surface area (Å²) in [5, 5.41) is 4.84. The van der Waals surface area contributed by atoms with Gasteiger partial charge in [0.2, 0.25) is 0 Å². The summed E-state index contributed by atoms with van der Waals surface area (Å²) in [6.45, 7) is 8.14. The van der Waals surface area contributed by atoms with Crippen LogP contribution >= 0.6 is 12.2 Å². The summed E-state index contributed by atoms with van der Waals surface area (Å²) in [6, 6.07) is 16.5. The topological polar surface area (TPSA) is 26.8 Å². The maximum absolute atomic E-state index is 13.9. The fourth-order valence-corrected chi connectivity index (χ4v) is 4.97. The number of carbonyl (C=O) groups is 1. The number of fused-ring (bicyclic) bond motifs is 5. The normalized spacial score (nSPS) is 18.4. The Labute approximate surface area is 160 Å². The standard InChI is InChI=1S/C21H23N3OS/c1-4-22-19(25)21(24(6-3)23(5-2)20(22)26)17-13-9-7-11-15(17)16-12-8-10-14-18(16)21/h7-14H,4-6H2,1-3H3. The molecule has 134 valence electrons. The maximum Gasteiger partial charge on any atom is 0.260 e. The van der Waals surface area contributed by atoms with E-state index in [1.54, 1.807) is 4.90 Å². The van der Waals surface area contributed by atoms with Crippen molar-refractivity contribution in [2.75, 3.05) is 19.6 Å². The van der Waals surface area contributed by atoms with Gasteiger partial charge >= 0.3 is 0 Å². The van der Waals surface area contributed by atoms with E-state index >= 15 is 0 Å². The molecule has 0 saturated carbocycles. The number of hydrazine groups is 1. The van der Waals surface area contributed by atoms with Crippen LogP contribution in [0.15, 0.2) is 48.5 Å². The van der Waals surface area contributed by atoms with Crippen LogP contribution in [0.25, 0.3) is 11.1 Å². The zero-order chi connectivity index (χ0) is 18.5. The van der Waals surface area contributed by atoms with Crippen LogP contribution in [0, 0.1) is 0 Å². The first-order valence-corrected chi connectivity index (χ1v) is 9.64. The summed E-state index contributed by atoms with van der Waals surface area (Å²) in [6.07, 6.45) is 0. The summed E-state index contributed by atoms with van der Waals surface area (Å²) in [5.74, 6) is 0.0500. The number of benzene rings is 2. The Balaban J connectivity index is 2.09. The van der Waals surface area contributed by atoms with E-state index in [0.717, 1.165) is 28.8 Å². The zero-order valence-electron chi connectivity index (χ0n) is 15.4. The van der Waals surface area contributed by atoms with Crippen molar-refractivity contribution in [1.29, 1.82) is 0 Å². The molecule has 1 amide bonds. The highest BCUT2D eigenvalue weighted by molar-refractivity contribution is 7.80. The van der Waals surface area contributed by atoms with Gasteiger partial charge in [-0.25, -0.2) is 0 Å². The zero-order valence-corrected chi connectivity index (χ0v) is 16.2. The largest absolute Gasteiger partial charge is 0.286 e. The third-order valence-electron chi connectivity index (χ3n) is 5.52. The highest BCUT2D eigenvalue weighted by atomic mass is 32.1. The number of rotatable bonds is 3. The third-order valence-corrected chi connectivity index (χ3v) is 5.96. The number of thiocarbonyl (C=S) groups is 1. The fourth-order valence-electron chi connectivity index (χ4n) is 4.53. The maximum atomic E-state index is 13.9. The molecule has 2 aromatic rings. The van der Waals surface area contributed by atoms with Gasteiger partial charge in [-0.05, 0) is 48.3 Å². The van der Waals surface area contributed by atoms with Gasteiger partial charge in [0.1, 0.15) is 0 Å². The van der Waals surface area contributed by atoms with Gasteiger partial charge in [-0.2, -0.15) is 5.01 Å². The molecule has 0 atom stereocenters. The lowest BCUT2D eigenvalue weighted by Crippen LogP contribution is -2.71. The predicted octanol–water partition coefficient (Wildman–Crippen LogP) is 3.62. The van der Waals surface area contributed by atoms with Crippen molar-refractivity contribution in [3.63, 3.8) is 0 Å². The second kappa shape index (κ2) is 6.18. The van der Waals surface area contributed by atoms with Crippen LogP contribution in [0.2, 0.25) is 0 Å². The van der Waals surface area contributed by atoms with E-state index in [1.165, 1.54) is 0 Å². The van der Waals surface area contributed by atoms with Crippen LogP contribution in [0.1, 0.15) is 31.9 Å². The summed E-state index contributed by atoms with van der Waals surface area (Å²) in [5.41, 5.74) is 3.51. The van der Waals surface area contributed by atoms with Gasteiger partial charge in [-0.3, -0.25) is 14.7 Å². The molecule has 1 heterocycles. The Morgan fingerprint density at radius 3 is 1.85 bits per heavy atom. The molecule has 4 nitrogen and oxygen atoms in total. The van der Waals surface area contributed by atoms with Gasteiger partial charge in [0.05, 0.1) is 0 Å². The molecular weight excluding hydrogens is 342 g/mol. The molecule has 0 bridgehead atoms. The average molecular weight is 366 g/mol. The molecule has 1 saturated heterocycles. The van der Waals surface area contributed by atoms with Gasteiger partial charge in [0, 0.05) is 19.6 Å². The van der Waals surface area contributed by atoms with E-state index in [9.17, 15) is 4.79 Å². The van der Waals surface area contributed by atoms with Crippen molar-refractivity contribution in [3.8, 4) is 11.1 Å². The smallest absolute Gasteiger partial charge is 0.260 e. The van der Waals surface area contributed by atoms with Crippen LogP contribution in [0.4, 0.5) is 0 Å². The summed E-state index contributed by atoms with van der Waals surface area (Å²) < 4.78 is 0. The van der Waals surface area contributed by atoms with Gasteiger partial charge in [0.15, 0.2) is 10.7 Å². The Morgan fingerprint density at radius 2 is 1.38 bits per heavy atom. The van der Waals surface area contributed by atoms with Crippen LogP contribution in [-0.4, -0.2) is 45.6 Å². The molecular formula is C21H23N3OS. The van der Waals surface area contributed by atoms with Gasteiger partial charge in [-0.15, -0.1) is 0 Å². The Morgan fingerprint density at radius 1 is 0.846 bits per heavy atom. The lowest BCUT2D eigenvalue weighted by atomic mass is 9.84. The van der Waals surface area contributed by atoms with Crippen molar-refractivity contribution in [3.05, 3.63) is 59.7 Å². The molecule has 0 aromatic heterocycles. The first-order valence-electron chi connectivity index (χ1n) is 9.23. The van der Waals surface area contributed by atoms with Gasteiger partial charge in [-0.1, -0.05) is 55.5 Å². The molecule has 1 fully saturated rings. The van der Waals surface area contributed by atoms with Crippen molar-refractivity contribution in [1.82, 2.24) is 14.9 Å². The highest BCUT2D eigenvalue weighted by Crippen LogP contribution is 2.53. The van der Waals surface area contributed by atoms with E-state index in [0.29, 0.717) is 18.2 Å². The molecule has 0 N–H and O–H groups in total. The lowest BCUT2D eigenvalue weighted by molar-refractivity contribution is -0.157. The van der Waals surface area contributed by atoms with Crippen molar-refractivity contribution >= 4 is 23.2 Å². The van der Waals surface area contributed by atoms with E-state index in [2.05, 4.69) is 48.1 Å². The van der Waals surface area contributed by atoms with Crippen molar-refractivity contribution in [2.45, 2.75) is 26.3 Å². The van der Waals surface area contributed by atoms with E-state index in [1.807, 2.05) is 31.2 Å². The Bertz CT molecular complexity index is 849. The molecule has 1 spiro atoms. The van der Waals surface area contributed by atoms with Crippen molar-refractivity contribution in [2.24, 2.45) is 0 Å². The lowest BCUT2D eigenvalue weighted by Gasteiger charge is -2.54. The quantitative estimate of drug-likeness (QED) is 0.777. The SMILES string of the molecule is CCN1C(=O)C2(c3ccccc3-c3ccccc32)N(CC)N(CC)C1=S. The van der Waals surface area contributed by atoms with Crippen LogP contribution in [-0.2, 0) is 10.3 Å². The minimum Gasteiger partial charge on any atom is -0.286 e. The molecule has 2 aliphatic rings. The summed E-state index contributed by atoms with van der Waals surface area (Å²) >= 11 is 5.67. The first kappa shape index (κ1) is 17.2. The van der Waals surface area contributed by atoms with Crippen molar-refractivity contribution < 1.29 is 4.79 Å². The molecule has 1 aliphatic carbocycles. The highest BCUT2D eigenvalue weighted by Gasteiger charge is 2.59. The number of nitrogens with zero attached hydrogens (tertiary/aromatic N) is 3. The van der Waals surface area contributed by atoms with Gasteiger partial charge in [0.25, 0.3) is 5.91 Å². The molecule has 0 unspecified atom stereocenters. The second-order valence-electron chi connectivity index (χ2n) is 6.57. The number of hydrogen-bond acceptors (Lipinski definition) is 3. The Hall–Kier alpha value is -2.24. The van der Waals surface area contributed by atoms with E-state index in [-0.39, 0.29) is 5.91 Å². The van der Waals surface area contributed by atoms with Gasteiger partial charge < -0.3 is 0 Å². The Kier molecular flexibility index (Phi) is 4.09. The van der Waals surface area contributed by atoms with Crippen LogP contribution in [0.5, 0.6) is 0 Å². The van der Waals surface area contributed by atoms with E-state index in [4.69, 9.17) is 12.2 Å². The third kappa shape index (κ3) is 1.93. The second-order valence-corrected chi connectivity index (χ2v) is 6.93. The minimum atomic E-state index is -0.851. The van der Waals surface area contributed by atoms with E-state index < -0.39 is 5.54 Å². The molecule has 4 rings (SSSR count). The number of amides is 1. The monoisotopic (exact) mass is 365 g/mol. The van der Waals surface area contributed by atoms with Crippen LogP contribution < -0.4 is 0 Å². The number of hydrogen-bond donors (Lipinski definition) is 0. The molecule has 26 heavy (non-hydrogen) atoms. The molecule has 0 radical (unpaired) electrons. The molecule has 1 aliphatic heterocycles. The fraction of sp³-hybridized carbons (Fsp3) is 0.333. The summed E-state index contributed by atoms with van der Waals surface area (Å²) in [4.78, 5) is 15.7. The number of carbonyl (C=O) groups excluding carboxylic acids is 1. The summed E-state index contributed by atoms with van der Waals surface area (Å²) in [7, 11) is 0. The minimum absolute atomic E-state index is 0.0500. The first-order chi connectivity index (χ1) is 12.6. The molecule has 2 aromatic carbocycles. The molecule has 5 heteroatoms. The average Bonchev–Trinajstić information content (AvgIpc) is 2.97. The number of likely N-dealkylation sites (N-methyl/N-ethyl adjacent to an activating group) is 2. The van der Waals surface area contributed by atoms with Crippen LogP contribution in [0.3, 0.4) is 0 Å². The predicted molar refractivity (Wildman–Crippen MR) is 107 cm³/mol.